The van der Waals surface area contributed by atoms with Gasteiger partial charge in [0.05, 0.1) is 13.0 Å². The molecule has 1 aromatic carbocycles. The van der Waals surface area contributed by atoms with Crippen molar-refractivity contribution in [2.24, 2.45) is 15.9 Å². The molecule has 0 saturated heterocycles. The largest absolute Gasteiger partial charge is 0.466 e. The Kier molecular flexibility index (Phi) is 5.57. The zero-order valence-corrected chi connectivity index (χ0v) is 10.6. The van der Waals surface area contributed by atoms with E-state index in [9.17, 15) is 4.79 Å². The lowest BCUT2D eigenvalue weighted by Gasteiger charge is -2.00. The number of nitrogens with two attached hydrogens (primary N) is 1. The Morgan fingerprint density at radius 1 is 1.28 bits per heavy atom. The normalized spacial score (nSPS) is 12.3. The second kappa shape index (κ2) is 7.21. The van der Waals surface area contributed by atoms with Crippen molar-refractivity contribution in [3.05, 3.63) is 35.9 Å². The van der Waals surface area contributed by atoms with Crippen LogP contribution in [0.3, 0.4) is 0 Å². The lowest BCUT2D eigenvalue weighted by atomic mass is 10.2. The molecule has 2 N–H and O–H groups in total. The molecule has 5 nitrogen and oxygen atoms in total. The van der Waals surface area contributed by atoms with E-state index in [0.29, 0.717) is 18.2 Å². The minimum atomic E-state index is -0.313. The van der Waals surface area contributed by atoms with Crippen LogP contribution in [0.25, 0.3) is 0 Å². The lowest BCUT2D eigenvalue weighted by Crippen LogP contribution is -2.13. The first-order valence-electron chi connectivity index (χ1n) is 5.71. The first kappa shape index (κ1) is 13.9. The molecule has 96 valence electrons. The summed E-state index contributed by atoms with van der Waals surface area (Å²) >= 11 is 0. The summed E-state index contributed by atoms with van der Waals surface area (Å²) < 4.78 is 4.80. The van der Waals surface area contributed by atoms with Crippen LogP contribution in [0, 0.1) is 0 Å². The maximum atomic E-state index is 11.2. The van der Waals surface area contributed by atoms with E-state index in [2.05, 4.69) is 10.2 Å². The van der Waals surface area contributed by atoms with Gasteiger partial charge in [-0.25, -0.2) is 0 Å². The topological polar surface area (TPSA) is 77.0 Å². The summed E-state index contributed by atoms with van der Waals surface area (Å²) in [5.74, 6) is 0.00559. The Morgan fingerprint density at radius 3 is 2.56 bits per heavy atom. The number of carbonyl (C=O) groups is 1. The molecule has 0 atom stereocenters. The van der Waals surface area contributed by atoms with Crippen LogP contribution < -0.4 is 5.73 Å². The number of esters is 1. The summed E-state index contributed by atoms with van der Waals surface area (Å²) in [5.41, 5.74) is 7.12. The average molecular weight is 247 g/mol. The molecule has 0 heterocycles. The van der Waals surface area contributed by atoms with Crippen LogP contribution in [0.1, 0.15) is 25.8 Å². The predicted octanol–water partition coefficient (Wildman–Crippen LogP) is 1.72. The molecule has 0 aromatic heterocycles. The van der Waals surface area contributed by atoms with Gasteiger partial charge in [-0.15, -0.1) is 5.10 Å². The highest BCUT2D eigenvalue weighted by Crippen LogP contribution is 1.99. The van der Waals surface area contributed by atoms with Crippen LogP contribution in [-0.2, 0) is 9.53 Å². The molecular formula is C13H17N3O2. The number of nitrogens with zero attached hydrogens (tertiary/aromatic N) is 2. The Hall–Kier alpha value is -2.17. The zero-order valence-electron chi connectivity index (χ0n) is 10.6. The van der Waals surface area contributed by atoms with Gasteiger partial charge in [0.1, 0.15) is 0 Å². The highest BCUT2D eigenvalue weighted by Gasteiger charge is 2.03. The van der Waals surface area contributed by atoms with Crippen LogP contribution in [0.4, 0.5) is 0 Å². The Morgan fingerprint density at radius 2 is 1.94 bits per heavy atom. The molecule has 0 aliphatic carbocycles. The number of hydrogen-bond donors (Lipinski definition) is 1. The van der Waals surface area contributed by atoms with Crippen molar-refractivity contribution in [1.29, 1.82) is 0 Å². The fourth-order valence-corrected chi connectivity index (χ4v) is 1.26. The van der Waals surface area contributed by atoms with Crippen LogP contribution in [0.5, 0.6) is 0 Å². The molecule has 1 rings (SSSR count). The third-order valence-corrected chi connectivity index (χ3v) is 2.10. The molecule has 1 aromatic rings. The van der Waals surface area contributed by atoms with Gasteiger partial charge in [0, 0.05) is 11.3 Å². The van der Waals surface area contributed by atoms with Crippen LogP contribution >= 0.6 is 0 Å². The van der Waals surface area contributed by atoms with Crippen molar-refractivity contribution < 1.29 is 9.53 Å². The number of ether oxygens (including phenoxy) is 1. The number of rotatable bonds is 5. The molecule has 0 aliphatic rings. The predicted molar refractivity (Wildman–Crippen MR) is 71.5 cm³/mol. The van der Waals surface area contributed by atoms with Gasteiger partial charge in [0.25, 0.3) is 0 Å². The van der Waals surface area contributed by atoms with E-state index < -0.39 is 0 Å². The Balaban J connectivity index is 2.64. The summed E-state index contributed by atoms with van der Waals surface area (Å²) in [4.78, 5) is 11.2. The van der Waals surface area contributed by atoms with E-state index in [1.54, 1.807) is 13.8 Å². The van der Waals surface area contributed by atoms with Gasteiger partial charge in [-0.1, -0.05) is 30.3 Å². The highest BCUT2D eigenvalue weighted by molar-refractivity contribution is 6.00. The third kappa shape index (κ3) is 4.78. The SMILES string of the molecule is CCOC(=O)C/C(C)=N/N=C(/N)c1ccccc1. The van der Waals surface area contributed by atoms with Gasteiger partial charge in [0.2, 0.25) is 0 Å². The molecule has 0 unspecified atom stereocenters. The maximum absolute atomic E-state index is 11.2. The monoisotopic (exact) mass is 247 g/mol. The maximum Gasteiger partial charge on any atom is 0.311 e. The average Bonchev–Trinajstić information content (AvgIpc) is 2.37. The minimum absolute atomic E-state index is 0.124. The second-order valence-electron chi connectivity index (χ2n) is 3.67. The summed E-state index contributed by atoms with van der Waals surface area (Å²) in [5, 5.41) is 7.78. The zero-order chi connectivity index (χ0) is 13.4. The van der Waals surface area contributed by atoms with Crippen molar-refractivity contribution in [3.63, 3.8) is 0 Å². The summed E-state index contributed by atoms with van der Waals surface area (Å²) in [7, 11) is 0. The number of benzene rings is 1. The molecular weight excluding hydrogens is 230 g/mol. The van der Waals surface area contributed by atoms with Crippen molar-refractivity contribution in [2.45, 2.75) is 20.3 Å². The number of hydrogen-bond acceptors (Lipinski definition) is 4. The van der Waals surface area contributed by atoms with Gasteiger partial charge >= 0.3 is 5.97 Å². The van der Waals surface area contributed by atoms with E-state index >= 15 is 0 Å². The van der Waals surface area contributed by atoms with Gasteiger partial charge in [0.15, 0.2) is 5.84 Å². The molecule has 0 spiro atoms. The van der Waals surface area contributed by atoms with Crippen LogP contribution in [0.2, 0.25) is 0 Å². The van der Waals surface area contributed by atoms with E-state index in [1.807, 2.05) is 30.3 Å². The summed E-state index contributed by atoms with van der Waals surface area (Å²) in [6.07, 6.45) is 0.124. The van der Waals surface area contributed by atoms with E-state index in [-0.39, 0.29) is 12.4 Å². The van der Waals surface area contributed by atoms with Crippen molar-refractivity contribution in [3.8, 4) is 0 Å². The Bertz CT molecular complexity index is 453. The fraction of sp³-hybridized carbons (Fsp3) is 0.308. The molecule has 0 saturated carbocycles. The Labute approximate surface area is 106 Å². The highest BCUT2D eigenvalue weighted by atomic mass is 16.5. The fourth-order valence-electron chi connectivity index (χ4n) is 1.26. The van der Waals surface area contributed by atoms with Gasteiger partial charge in [-0.3, -0.25) is 4.79 Å². The van der Waals surface area contributed by atoms with E-state index in [0.717, 1.165) is 5.56 Å². The molecule has 5 heteroatoms. The van der Waals surface area contributed by atoms with Crippen LogP contribution in [-0.4, -0.2) is 24.1 Å². The quantitative estimate of drug-likeness (QED) is 0.372. The first-order chi connectivity index (χ1) is 8.63. The third-order valence-electron chi connectivity index (χ3n) is 2.10. The standard InChI is InChI=1S/C13H17N3O2/c1-3-18-12(17)9-10(2)15-16-13(14)11-7-5-4-6-8-11/h4-8H,3,9H2,1-2H3,(H2,14,16)/b15-10+. The van der Waals surface area contributed by atoms with E-state index in [4.69, 9.17) is 10.5 Å². The van der Waals surface area contributed by atoms with Gasteiger partial charge in [-0.05, 0) is 13.8 Å². The number of carbonyl (C=O) groups excluding carboxylic acids is 1. The van der Waals surface area contributed by atoms with Crippen LogP contribution in [0.15, 0.2) is 40.5 Å². The van der Waals surface area contributed by atoms with Crippen molar-refractivity contribution in [1.82, 2.24) is 0 Å². The minimum Gasteiger partial charge on any atom is -0.466 e. The lowest BCUT2D eigenvalue weighted by molar-refractivity contribution is -0.141. The van der Waals surface area contributed by atoms with E-state index in [1.165, 1.54) is 0 Å². The summed E-state index contributed by atoms with van der Waals surface area (Å²) in [6.45, 7) is 3.83. The smallest absolute Gasteiger partial charge is 0.311 e. The molecule has 0 aliphatic heterocycles. The molecule has 0 radical (unpaired) electrons. The van der Waals surface area contributed by atoms with Gasteiger partial charge < -0.3 is 10.5 Å². The molecule has 18 heavy (non-hydrogen) atoms. The second-order valence-corrected chi connectivity index (χ2v) is 3.67. The van der Waals surface area contributed by atoms with Crippen molar-refractivity contribution in [2.75, 3.05) is 6.61 Å². The number of amidine groups is 1. The van der Waals surface area contributed by atoms with Crippen molar-refractivity contribution >= 4 is 17.5 Å². The van der Waals surface area contributed by atoms with Gasteiger partial charge in [-0.2, -0.15) is 5.10 Å². The molecule has 0 fully saturated rings. The molecule has 0 bridgehead atoms. The first-order valence-corrected chi connectivity index (χ1v) is 5.71. The molecule has 0 amide bonds. The summed E-state index contributed by atoms with van der Waals surface area (Å²) in [6, 6.07) is 9.32.